The maximum absolute atomic E-state index is 5.52. The highest BCUT2D eigenvalue weighted by atomic mass is 35.5. The van der Waals surface area contributed by atoms with Crippen LogP contribution in [0.15, 0.2) is 16.5 Å². The van der Waals surface area contributed by atoms with Crippen molar-refractivity contribution in [1.82, 2.24) is 0 Å². The van der Waals surface area contributed by atoms with Gasteiger partial charge in [-0.25, -0.2) is 0 Å². The number of rotatable bonds is 2. The van der Waals surface area contributed by atoms with Crippen LogP contribution in [0.4, 0.5) is 0 Å². The molecule has 10 heavy (non-hydrogen) atoms. The third kappa shape index (κ3) is 1.82. The third-order valence-electron chi connectivity index (χ3n) is 1.14. The maximum atomic E-state index is 5.52. The fourth-order valence-corrected chi connectivity index (χ4v) is 0.844. The number of halogens is 1. The van der Waals surface area contributed by atoms with Crippen LogP contribution in [-0.2, 0) is 6.42 Å². The lowest BCUT2D eigenvalue weighted by molar-refractivity contribution is 0.513. The minimum absolute atomic E-state index is 0.423. The molecule has 0 saturated carbocycles. The number of furan rings is 1. The van der Waals surface area contributed by atoms with Crippen LogP contribution in [0.1, 0.15) is 12.2 Å². The van der Waals surface area contributed by atoms with E-state index in [1.165, 1.54) is 0 Å². The molecule has 0 saturated heterocycles. The first-order chi connectivity index (χ1) is 4.83. The maximum Gasteiger partial charge on any atom is 0.193 e. The molecule has 0 bridgehead atoms. The number of terminal acetylenes is 1. The molecule has 0 amide bonds. The zero-order valence-corrected chi connectivity index (χ0v) is 6.19. The van der Waals surface area contributed by atoms with Gasteiger partial charge in [0.15, 0.2) is 5.22 Å². The summed E-state index contributed by atoms with van der Waals surface area (Å²) in [5.41, 5.74) is 0. The smallest absolute Gasteiger partial charge is 0.193 e. The molecule has 0 aromatic carbocycles. The molecule has 1 aromatic heterocycles. The van der Waals surface area contributed by atoms with Crippen molar-refractivity contribution in [2.24, 2.45) is 0 Å². The van der Waals surface area contributed by atoms with Gasteiger partial charge < -0.3 is 4.42 Å². The average molecular weight is 155 g/mol. The van der Waals surface area contributed by atoms with Crippen LogP contribution in [0.25, 0.3) is 0 Å². The standard InChI is InChI=1S/C8H7ClO/c1-2-3-4-7-5-6-8(9)10-7/h1,5-6H,3-4H2. The summed E-state index contributed by atoms with van der Waals surface area (Å²) >= 11 is 5.52. The van der Waals surface area contributed by atoms with Gasteiger partial charge in [0.05, 0.1) is 0 Å². The van der Waals surface area contributed by atoms with Crippen molar-refractivity contribution in [3.05, 3.63) is 23.1 Å². The van der Waals surface area contributed by atoms with E-state index in [0.29, 0.717) is 11.6 Å². The predicted molar refractivity (Wildman–Crippen MR) is 40.9 cm³/mol. The molecule has 0 fully saturated rings. The van der Waals surface area contributed by atoms with Crippen LogP contribution in [0.2, 0.25) is 5.22 Å². The van der Waals surface area contributed by atoms with Gasteiger partial charge in [0, 0.05) is 12.8 Å². The normalized spacial score (nSPS) is 9.20. The van der Waals surface area contributed by atoms with Gasteiger partial charge in [0.1, 0.15) is 5.76 Å². The molecule has 0 radical (unpaired) electrons. The van der Waals surface area contributed by atoms with E-state index in [9.17, 15) is 0 Å². The zero-order valence-electron chi connectivity index (χ0n) is 5.43. The lowest BCUT2D eigenvalue weighted by atomic mass is 10.3. The van der Waals surface area contributed by atoms with Crippen molar-refractivity contribution >= 4 is 11.6 Å². The summed E-state index contributed by atoms with van der Waals surface area (Å²) in [7, 11) is 0. The van der Waals surface area contributed by atoms with Crippen LogP contribution >= 0.6 is 11.6 Å². The molecule has 0 spiro atoms. The molecule has 0 unspecified atom stereocenters. The van der Waals surface area contributed by atoms with Crippen LogP contribution in [0, 0.1) is 12.3 Å². The topological polar surface area (TPSA) is 13.1 Å². The number of hydrogen-bond acceptors (Lipinski definition) is 1. The summed E-state index contributed by atoms with van der Waals surface area (Å²) in [4.78, 5) is 0. The number of aryl methyl sites for hydroxylation is 1. The average Bonchev–Trinajstić information content (AvgIpc) is 2.31. The van der Waals surface area contributed by atoms with E-state index in [2.05, 4.69) is 5.92 Å². The quantitative estimate of drug-likeness (QED) is 0.597. The molecule has 1 nitrogen and oxygen atoms in total. The van der Waals surface area contributed by atoms with Crippen LogP contribution in [0.3, 0.4) is 0 Å². The Labute approximate surface area is 65.0 Å². The minimum atomic E-state index is 0.423. The highest BCUT2D eigenvalue weighted by Crippen LogP contribution is 2.13. The van der Waals surface area contributed by atoms with Crippen LogP contribution in [-0.4, -0.2) is 0 Å². The van der Waals surface area contributed by atoms with Crippen LogP contribution in [0.5, 0.6) is 0 Å². The molecule has 2 heteroatoms. The van der Waals surface area contributed by atoms with E-state index < -0.39 is 0 Å². The van der Waals surface area contributed by atoms with Crippen molar-refractivity contribution in [3.63, 3.8) is 0 Å². The van der Waals surface area contributed by atoms with E-state index in [1.807, 2.05) is 6.07 Å². The van der Waals surface area contributed by atoms with Crippen molar-refractivity contribution in [2.45, 2.75) is 12.8 Å². The zero-order chi connectivity index (χ0) is 7.40. The Balaban J connectivity index is 2.52. The molecule has 1 heterocycles. The van der Waals surface area contributed by atoms with Gasteiger partial charge in [-0.3, -0.25) is 0 Å². The molecular weight excluding hydrogens is 148 g/mol. The molecule has 0 aliphatic rings. The summed E-state index contributed by atoms with van der Waals surface area (Å²) in [5.74, 6) is 3.37. The largest absolute Gasteiger partial charge is 0.450 e. The molecule has 1 rings (SSSR count). The lowest BCUT2D eigenvalue weighted by Gasteiger charge is -1.86. The molecular formula is C8H7ClO. The third-order valence-corrected chi connectivity index (χ3v) is 1.35. The summed E-state index contributed by atoms with van der Waals surface area (Å²) in [6.07, 6.45) is 6.52. The molecule has 1 aromatic rings. The summed E-state index contributed by atoms with van der Waals surface area (Å²) in [6.45, 7) is 0. The van der Waals surface area contributed by atoms with Gasteiger partial charge in [-0.2, -0.15) is 0 Å². The van der Waals surface area contributed by atoms with Gasteiger partial charge in [0.2, 0.25) is 0 Å². The summed E-state index contributed by atoms with van der Waals surface area (Å²) in [5, 5.41) is 0.423. The van der Waals surface area contributed by atoms with Gasteiger partial charge in [-0.05, 0) is 23.7 Å². The Morgan fingerprint density at radius 3 is 2.90 bits per heavy atom. The Hall–Kier alpha value is -0.870. The van der Waals surface area contributed by atoms with Gasteiger partial charge in [0.25, 0.3) is 0 Å². The van der Waals surface area contributed by atoms with Crippen molar-refractivity contribution < 1.29 is 4.42 Å². The van der Waals surface area contributed by atoms with Crippen molar-refractivity contribution in [1.29, 1.82) is 0 Å². The van der Waals surface area contributed by atoms with E-state index in [1.54, 1.807) is 6.07 Å². The predicted octanol–water partition coefficient (Wildman–Crippen LogP) is 2.50. The van der Waals surface area contributed by atoms with E-state index in [0.717, 1.165) is 12.2 Å². The Morgan fingerprint density at radius 1 is 1.60 bits per heavy atom. The fourth-order valence-electron chi connectivity index (χ4n) is 0.681. The summed E-state index contributed by atoms with van der Waals surface area (Å²) < 4.78 is 5.06. The van der Waals surface area contributed by atoms with Gasteiger partial charge >= 0.3 is 0 Å². The molecule has 0 aliphatic carbocycles. The Morgan fingerprint density at radius 2 is 2.40 bits per heavy atom. The SMILES string of the molecule is C#CCCc1ccc(Cl)o1. The first-order valence-electron chi connectivity index (χ1n) is 3.00. The monoisotopic (exact) mass is 154 g/mol. The Kier molecular flexibility index (Phi) is 2.42. The van der Waals surface area contributed by atoms with Gasteiger partial charge in [-0.1, -0.05) is 0 Å². The number of hydrogen-bond donors (Lipinski definition) is 0. The second kappa shape index (κ2) is 3.34. The molecule has 0 N–H and O–H groups in total. The first-order valence-corrected chi connectivity index (χ1v) is 3.38. The first kappa shape index (κ1) is 7.24. The molecule has 52 valence electrons. The highest BCUT2D eigenvalue weighted by molar-refractivity contribution is 6.28. The molecule has 0 aliphatic heterocycles. The minimum Gasteiger partial charge on any atom is -0.450 e. The van der Waals surface area contributed by atoms with Crippen LogP contribution < -0.4 is 0 Å². The second-order valence-electron chi connectivity index (χ2n) is 1.91. The van der Waals surface area contributed by atoms with E-state index in [-0.39, 0.29) is 0 Å². The lowest BCUT2D eigenvalue weighted by Crippen LogP contribution is -1.76. The van der Waals surface area contributed by atoms with Crippen molar-refractivity contribution in [3.8, 4) is 12.3 Å². The second-order valence-corrected chi connectivity index (χ2v) is 2.28. The Bertz CT molecular complexity index is 244. The summed E-state index contributed by atoms with van der Waals surface area (Å²) in [6, 6.07) is 3.55. The van der Waals surface area contributed by atoms with Crippen molar-refractivity contribution in [2.75, 3.05) is 0 Å². The highest BCUT2D eigenvalue weighted by Gasteiger charge is 1.96. The van der Waals surface area contributed by atoms with Gasteiger partial charge in [-0.15, -0.1) is 12.3 Å². The van der Waals surface area contributed by atoms with E-state index in [4.69, 9.17) is 22.4 Å². The fraction of sp³-hybridized carbons (Fsp3) is 0.250. The van der Waals surface area contributed by atoms with E-state index >= 15 is 0 Å². The molecule has 0 atom stereocenters.